The summed E-state index contributed by atoms with van der Waals surface area (Å²) in [4.78, 5) is 4.44. The van der Waals surface area contributed by atoms with Crippen LogP contribution in [0.3, 0.4) is 0 Å². The maximum Gasteiger partial charge on any atom is 0.165 e. The highest BCUT2D eigenvalue weighted by atomic mass is 16.5. The van der Waals surface area contributed by atoms with Crippen molar-refractivity contribution in [3.63, 3.8) is 0 Å². The fourth-order valence-corrected chi connectivity index (χ4v) is 2.01. The molecule has 20 heavy (non-hydrogen) atoms. The molecule has 0 aliphatic rings. The fraction of sp³-hybridized carbons (Fsp3) is 0.467. The maximum atomic E-state index is 5.74. The van der Waals surface area contributed by atoms with Crippen molar-refractivity contribution in [2.45, 2.75) is 39.3 Å². The van der Waals surface area contributed by atoms with Crippen LogP contribution in [0, 0.1) is 0 Å². The molecule has 0 radical (unpaired) electrons. The third-order valence-corrected chi connectivity index (χ3v) is 3.22. The average Bonchev–Trinajstić information content (AvgIpc) is 2.91. The lowest BCUT2D eigenvalue weighted by atomic mass is 10.1. The van der Waals surface area contributed by atoms with Crippen LogP contribution >= 0.6 is 0 Å². The van der Waals surface area contributed by atoms with Crippen molar-refractivity contribution < 1.29 is 4.74 Å². The summed E-state index contributed by atoms with van der Waals surface area (Å²) >= 11 is 0. The van der Waals surface area contributed by atoms with Gasteiger partial charge in [0, 0.05) is 12.1 Å². The van der Waals surface area contributed by atoms with Gasteiger partial charge < -0.3 is 10.1 Å². The van der Waals surface area contributed by atoms with Crippen LogP contribution in [-0.4, -0.2) is 21.8 Å². The normalized spacial score (nSPS) is 12.7. The second-order valence-corrected chi connectivity index (χ2v) is 5.02. The molecule has 5 nitrogen and oxygen atoms in total. The summed E-state index contributed by atoms with van der Waals surface area (Å²) in [7, 11) is 1.95. The predicted octanol–water partition coefficient (Wildman–Crippen LogP) is 3.32. The molecule has 1 N–H and O–H groups in total. The molecule has 0 aliphatic carbocycles. The van der Waals surface area contributed by atoms with Crippen molar-refractivity contribution in [2.75, 3.05) is 7.05 Å². The van der Waals surface area contributed by atoms with Gasteiger partial charge in [-0.3, -0.25) is 9.67 Å². The molecule has 0 bridgehead atoms. The van der Waals surface area contributed by atoms with Crippen LogP contribution in [0.15, 0.2) is 30.7 Å². The SMILES string of the molecule is CCC(NC)c1ccc(Oc2cnn(C(C)C)c2)cn1. The van der Waals surface area contributed by atoms with Crippen molar-refractivity contribution in [2.24, 2.45) is 0 Å². The Morgan fingerprint density at radius 2 is 2.05 bits per heavy atom. The smallest absolute Gasteiger partial charge is 0.165 e. The second kappa shape index (κ2) is 6.52. The minimum atomic E-state index is 0.285. The maximum absolute atomic E-state index is 5.74. The molecule has 0 aliphatic heterocycles. The molecule has 0 saturated carbocycles. The van der Waals surface area contributed by atoms with Crippen LogP contribution in [0.25, 0.3) is 0 Å². The summed E-state index contributed by atoms with van der Waals surface area (Å²) in [5, 5.41) is 7.48. The van der Waals surface area contributed by atoms with Gasteiger partial charge in [-0.25, -0.2) is 0 Å². The standard InChI is InChI=1S/C15H22N4O/c1-5-14(16-4)15-7-6-12(8-17-15)20-13-9-18-19(10-13)11(2)3/h6-11,14,16H,5H2,1-4H3. The Morgan fingerprint density at radius 3 is 2.55 bits per heavy atom. The van der Waals surface area contributed by atoms with Gasteiger partial charge >= 0.3 is 0 Å². The third kappa shape index (κ3) is 3.36. The molecule has 1 atom stereocenters. The molecule has 2 heterocycles. The molecule has 108 valence electrons. The first-order chi connectivity index (χ1) is 9.63. The van der Waals surface area contributed by atoms with Gasteiger partial charge in [0.05, 0.1) is 24.3 Å². The van der Waals surface area contributed by atoms with E-state index in [9.17, 15) is 0 Å². The van der Waals surface area contributed by atoms with Gasteiger partial charge in [0.1, 0.15) is 5.75 Å². The summed E-state index contributed by atoms with van der Waals surface area (Å²) in [5.41, 5.74) is 1.03. The van der Waals surface area contributed by atoms with Crippen molar-refractivity contribution in [1.29, 1.82) is 0 Å². The summed E-state index contributed by atoms with van der Waals surface area (Å²) in [6.07, 6.45) is 6.37. The number of hydrogen-bond donors (Lipinski definition) is 1. The Balaban J connectivity index is 2.06. The molecule has 1 unspecified atom stereocenters. The van der Waals surface area contributed by atoms with Crippen molar-refractivity contribution in [1.82, 2.24) is 20.1 Å². The molecule has 2 rings (SSSR count). The summed E-state index contributed by atoms with van der Waals surface area (Å²) < 4.78 is 7.61. The number of rotatable bonds is 6. The molecule has 0 saturated heterocycles. The highest BCUT2D eigenvalue weighted by molar-refractivity contribution is 5.27. The van der Waals surface area contributed by atoms with Gasteiger partial charge in [-0.2, -0.15) is 5.10 Å². The largest absolute Gasteiger partial charge is 0.452 e. The van der Waals surface area contributed by atoms with E-state index in [0.29, 0.717) is 6.04 Å². The Morgan fingerprint density at radius 1 is 1.25 bits per heavy atom. The Labute approximate surface area is 120 Å². The lowest BCUT2D eigenvalue weighted by molar-refractivity contribution is 0.472. The zero-order chi connectivity index (χ0) is 14.5. The summed E-state index contributed by atoms with van der Waals surface area (Å²) in [6, 6.07) is 4.54. The van der Waals surface area contributed by atoms with Crippen molar-refractivity contribution in [3.05, 3.63) is 36.4 Å². The van der Waals surface area contributed by atoms with E-state index in [1.54, 1.807) is 12.4 Å². The lowest BCUT2D eigenvalue weighted by Gasteiger charge is -2.13. The first kappa shape index (κ1) is 14.5. The zero-order valence-electron chi connectivity index (χ0n) is 12.5. The summed E-state index contributed by atoms with van der Waals surface area (Å²) in [5.74, 6) is 1.46. The molecule has 0 spiro atoms. The van der Waals surface area contributed by atoms with Crippen LogP contribution in [0.1, 0.15) is 45.0 Å². The van der Waals surface area contributed by atoms with Gasteiger partial charge in [0.25, 0.3) is 0 Å². The number of nitrogens with zero attached hydrogens (tertiary/aromatic N) is 3. The number of aromatic nitrogens is 3. The van der Waals surface area contributed by atoms with E-state index in [0.717, 1.165) is 23.6 Å². The number of hydrogen-bond acceptors (Lipinski definition) is 4. The van der Waals surface area contributed by atoms with Crippen LogP contribution < -0.4 is 10.1 Å². The van der Waals surface area contributed by atoms with Gasteiger partial charge in [-0.1, -0.05) is 6.92 Å². The van der Waals surface area contributed by atoms with Gasteiger partial charge in [0.2, 0.25) is 0 Å². The topological polar surface area (TPSA) is 52.0 Å². The van der Waals surface area contributed by atoms with Crippen LogP contribution in [0.4, 0.5) is 0 Å². The molecule has 2 aromatic heterocycles. The molecule has 2 aromatic rings. The van der Waals surface area contributed by atoms with Crippen LogP contribution in [0.2, 0.25) is 0 Å². The monoisotopic (exact) mass is 274 g/mol. The van der Waals surface area contributed by atoms with E-state index < -0.39 is 0 Å². The molecule has 0 fully saturated rings. The van der Waals surface area contributed by atoms with Crippen LogP contribution in [-0.2, 0) is 0 Å². The van der Waals surface area contributed by atoms with E-state index in [1.807, 2.05) is 30.1 Å². The number of ether oxygens (including phenoxy) is 1. The van der Waals surface area contributed by atoms with E-state index in [-0.39, 0.29) is 6.04 Å². The van der Waals surface area contributed by atoms with E-state index in [4.69, 9.17) is 4.74 Å². The molecule has 0 amide bonds. The minimum Gasteiger partial charge on any atom is -0.452 e. The Kier molecular flexibility index (Phi) is 4.74. The Bertz CT molecular complexity index is 529. The summed E-state index contributed by atoms with van der Waals surface area (Å²) in [6.45, 7) is 6.29. The molecular formula is C15H22N4O. The predicted molar refractivity (Wildman–Crippen MR) is 79.0 cm³/mol. The quantitative estimate of drug-likeness (QED) is 0.878. The van der Waals surface area contributed by atoms with E-state index in [2.05, 4.69) is 36.2 Å². The van der Waals surface area contributed by atoms with Crippen LogP contribution in [0.5, 0.6) is 11.5 Å². The van der Waals surface area contributed by atoms with Gasteiger partial charge in [-0.15, -0.1) is 0 Å². The number of pyridine rings is 1. The zero-order valence-corrected chi connectivity index (χ0v) is 12.5. The fourth-order valence-electron chi connectivity index (χ4n) is 2.01. The van der Waals surface area contributed by atoms with E-state index >= 15 is 0 Å². The molecular weight excluding hydrogens is 252 g/mol. The molecule has 0 aromatic carbocycles. The number of nitrogens with one attached hydrogen (secondary N) is 1. The first-order valence-corrected chi connectivity index (χ1v) is 6.99. The minimum absolute atomic E-state index is 0.285. The lowest BCUT2D eigenvalue weighted by Crippen LogP contribution is -2.16. The third-order valence-electron chi connectivity index (χ3n) is 3.22. The van der Waals surface area contributed by atoms with Crippen molar-refractivity contribution in [3.8, 4) is 11.5 Å². The first-order valence-electron chi connectivity index (χ1n) is 6.99. The molecule has 5 heteroatoms. The Hall–Kier alpha value is -1.88. The van der Waals surface area contributed by atoms with Gasteiger partial charge in [0.15, 0.2) is 5.75 Å². The highest BCUT2D eigenvalue weighted by Gasteiger charge is 2.09. The van der Waals surface area contributed by atoms with E-state index in [1.165, 1.54) is 0 Å². The van der Waals surface area contributed by atoms with Crippen molar-refractivity contribution >= 4 is 0 Å². The average molecular weight is 274 g/mol. The van der Waals surface area contributed by atoms with Gasteiger partial charge in [-0.05, 0) is 39.4 Å². The highest BCUT2D eigenvalue weighted by Crippen LogP contribution is 2.22. The second-order valence-electron chi connectivity index (χ2n) is 5.02.